The van der Waals surface area contributed by atoms with Crippen LogP contribution in [0.25, 0.3) is 0 Å². The first-order valence-corrected chi connectivity index (χ1v) is 15.8. The first kappa shape index (κ1) is 37.0. The van der Waals surface area contributed by atoms with Crippen LogP contribution in [-0.2, 0) is 36.6 Å². The van der Waals surface area contributed by atoms with Gasteiger partial charge >= 0.3 is 5.97 Å². The minimum Gasteiger partial charge on any atom is -0.493 e. The predicted molar refractivity (Wildman–Crippen MR) is 165 cm³/mol. The summed E-state index contributed by atoms with van der Waals surface area (Å²) in [7, 11) is 4.52. The molecular weight excluding hydrogens is 652 g/mol. The topological polar surface area (TPSA) is 233 Å². The monoisotopic (exact) mass is 696 g/mol. The molecule has 7 N–H and O–H groups in total. The van der Waals surface area contributed by atoms with Crippen LogP contribution in [0, 0.1) is 11.8 Å². The molecule has 0 spiro atoms. The van der Waals surface area contributed by atoms with E-state index in [1.807, 2.05) is 18.2 Å². The number of hydrogen-bond acceptors (Lipinski definition) is 16. The number of benzene rings is 2. The predicted octanol–water partition coefficient (Wildman–Crippen LogP) is -1.71. The number of rotatable bonds is 13. The van der Waals surface area contributed by atoms with Gasteiger partial charge in [-0.05, 0) is 48.2 Å². The SMILES string of the molecule is COc1ccc(C[C@@H]2COC(=O)[C@@H]2Cc2ccc(O[C@H]3O[C@@H](CO[C@H]4O[C@H](CO)[C@@H](O)[C@H](O)[C@H]4O)[C@@H](O)[C@H](O)[C@H]3O)c(OC)c2)cc1OC. The van der Waals surface area contributed by atoms with Gasteiger partial charge in [0.25, 0.3) is 0 Å². The molecule has 3 aliphatic heterocycles. The number of aliphatic hydroxyl groups is 7. The smallest absolute Gasteiger partial charge is 0.309 e. The molecule has 3 aliphatic rings. The molecule has 0 bridgehead atoms. The van der Waals surface area contributed by atoms with Gasteiger partial charge in [0, 0.05) is 5.92 Å². The second-order valence-electron chi connectivity index (χ2n) is 12.2. The Labute approximate surface area is 282 Å². The maximum atomic E-state index is 12.8. The van der Waals surface area contributed by atoms with Crippen molar-refractivity contribution in [3.63, 3.8) is 0 Å². The van der Waals surface area contributed by atoms with Gasteiger partial charge in [-0.25, -0.2) is 0 Å². The summed E-state index contributed by atoms with van der Waals surface area (Å²) >= 11 is 0. The number of aliphatic hydroxyl groups excluding tert-OH is 7. The molecule has 0 radical (unpaired) electrons. The fourth-order valence-electron chi connectivity index (χ4n) is 6.23. The molecule has 16 heteroatoms. The van der Waals surface area contributed by atoms with Gasteiger partial charge in [0.1, 0.15) is 48.8 Å². The van der Waals surface area contributed by atoms with E-state index in [0.29, 0.717) is 24.3 Å². The van der Waals surface area contributed by atoms with Crippen molar-refractivity contribution < 1.29 is 78.4 Å². The minimum absolute atomic E-state index is 0.103. The van der Waals surface area contributed by atoms with Crippen LogP contribution in [0.2, 0.25) is 0 Å². The molecular formula is C33H44O16. The minimum atomic E-state index is -1.73. The van der Waals surface area contributed by atoms with Crippen LogP contribution in [0.3, 0.4) is 0 Å². The van der Waals surface area contributed by atoms with E-state index in [1.165, 1.54) is 7.11 Å². The van der Waals surface area contributed by atoms with E-state index in [0.717, 1.165) is 11.1 Å². The Kier molecular flexibility index (Phi) is 12.2. The zero-order valence-corrected chi connectivity index (χ0v) is 27.2. The average molecular weight is 697 g/mol. The largest absolute Gasteiger partial charge is 0.493 e. The molecule has 3 saturated heterocycles. The highest BCUT2D eigenvalue weighted by Crippen LogP contribution is 2.36. The summed E-state index contributed by atoms with van der Waals surface area (Å²) in [5.74, 6) is 0.707. The average Bonchev–Trinajstić information content (AvgIpc) is 3.45. The summed E-state index contributed by atoms with van der Waals surface area (Å²) in [5.41, 5.74) is 1.71. The standard InChI is InChI=1S/C33H44O16/c1-42-19-6-4-15(10-21(19)43-2)8-17-13-45-31(41)18(17)9-16-5-7-20(22(11-16)44-3)47-33-30(40)28(38)26(36)24(49-33)14-46-32-29(39)27(37)25(35)23(12-34)48-32/h4-7,10-11,17-18,23-30,32-40H,8-9,12-14H2,1-3H3/t17-,18-,23-,24+,25-,26-,27+,28+,29-,30-,32+,33+/m1/s1. The number of ether oxygens (including phenoxy) is 8. The van der Waals surface area contributed by atoms with Crippen LogP contribution < -0.4 is 18.9 Å². The number of methoxy groups -OCH3 is 3. The molecule has 3 heterocycles. The second kappa shape index (κ2) is 16.2. The second-order valence-corrected chi connectivity index (χ2v) is 12.2. The molecule has 0 amide bonds. The summed E-state index contributed by atoms with van der Waals surface area (Å²) < 4.78 is 44.1. The molecule has 0 aliphatic carbocycles. The van der Waals surface area contributed by atoms with E-state index in [-0.39, 0.29) is 30.0 Å². The van der Waals surface area contributed by atoms with Gasteiger partial charge < -0.3 is 73.6 Å². The molecule has 16 nitrogen and oxygen atoms in total. The van der Waals surface area contributed by atoms with E-state index >= 15 is 0 Å². The molecule has 0 aromatic heterocycles. The van der Waals surface area contributed by atoms with Crippen LogP contribution in [0.5, 0.6) is 23.0 Å². The third kappa shape index (κ3) is 8.04. The van der Waals surface area contributed by atoms with Crippen molar-refractivity contribution in [3.05, 3.63) is 47.5 Å². The Balaban J connectivity index is 1.24. The summed E-state index contributed by atoms with van der Waals surface area (Å²) in [6.07, 6.45) is -14.7. The molecule has 3 fully saturated rings. The fraction of sp³-hybridized carbons (Fsp3) is 0.606. The third-order valence-corrected chi connectivity index (χ3v) is 9.13. The zero-order valence-electron chi connectivity index (χ0n) is 27.2. The molecule has 0 saturated carbocycles. The van der Waals surface area contributed by atoms with E-state index in [4.69, 9.17) is 37.9 Å². The number of carbonyl (C=O) groups is 1. The lowest BCUT2D eigenvalue weighted by molar-refractivity contribution is -0.323. The third-order valence-electron chi connectivity index (χ3n) is 9.13. The highest BCUT2D eigenvalue weighted by atomic mass is 16.7. The van der Waals surface area contributed by atoms with Gasteiger partial charge in [0.15, 0.2) is 29.3 Å². The Morgan fingerprint density at radius 1 is 0.673 bits per heavy atom. The number of esters is 1. The normalized spacial score (nSPS) is 34.7. The first-order valence-electron chi connectivity index (χ1n) is 15.8. The summed E-state index contributed by atoms with van der Waals surface area (Å²) in [4.78, 5) is 12.8. The highest BCUT2D eigenvalue weighted by molar-refractivity contribution is 5.75. The lowest BCUT2D eigenvalue weighted by atomic mass is 9.85. The lowest BCUT2D eigenvalue weighted by Gasteiger charge is -2.42. The van der Waals surface area contributed by atoms with E-state index in [9.17, 15) is 40.5 Å². The number of cyclic esters (lactones) is 1. The molecule has 2 aromatic rings. The molecule has 49 heavy (non-hydrogen) atoms. The number of carbonyl (C=O) groups excluding carboxylic acids is 1. The van der Waals surface area contributed by atoms with E-state index in [2.05, 4.69) is 0 Å². The van der Waals surface area contributed by atoms with Crippen LogP contribution in [0.15, 0.2) is 36.4 Å². The Morgan fingerprint density at radius 2 is 1.22 bits per heavy atom. The Morgan fingerprint density at radius 3 is 1.86 bits per heavy atom. The molecule has 0 unspecified atom stereocenters. The fourth-order valence-corrected chi connectivity index (χ4v) is 6.23. The molecule has 12 atom stereocenters. The Hall–Kier alpha value is -3.29. The summed E-state index contributed by atoms with van der Waals surface area (Å²) in [5, 5.41) is 71.4. The van der Waals surface area contributed by atoms with Crippen molar-refractivity contribution in [3.8, 4) is 23.0 Å². The van der Waals surface area contributed by atoms with Crippen LogP contribution in [0.4, 0.5) is 0 Å². The van der Waals surface area contributed by atoms with Gasteiger partial charge in [-0.2, -0.15) is 0 Å². The first-order chi connectivity index (χ1) is 23.5. The van der Waals surface area contributed by atoms with Gasteiger partial charge in [-0.3, -0.25) is 4.79 Å². The van der Waals surface area contributed by atoms with Gasteiger partial charge in [0.05, 0.1) is 47.1 Å². The highest BCUT2D eigenvalue weighted by Gasteiger charge is 2.48. The van der Waals surface area contributed by atoms with Crippen molar-refractivity contribution in [1.82, 2.24) is 0 Å². The van der Waals surface area contributed by atoms with Crippen LogP contribution >= 0.6 is 0 Å². The van der Waals surface area contributed by atoms with Crippen molar-refractivity contribution in [2.45, 2.75) is 74.3 Å². The van der Waals surface area contributed by atoms with Crippen molar-refractivity contribution in [2.24, 2.45) is 11.8 Å². The van der Waals surface area contributed by atoms with Gasteiger partial charge in [0.2, 0.25) is 6.29 Å². The van der Waals surface area contributed by atoms with Crippen LogP contribution in [-0.4, -0.2) is 144 Å². The number of hydrogen-bond donors (Lipinski definition) is 7. The molecule has 2 aromatic carbocycles. The zero-order chi connectivity index (χ0) is 35.4. The summed E-state index contributed by atoms with van der Waals surface area (Å²) in [6, 6.07) is 10.6. The van der Waals surface area contributed by atoms with E-state index in [1.54, 1.807) is 32.4 Å². The van der Waals surface area contributed by atoms with E-state index < -0.39 is 80.5 Å². The van der Waals surface area contributed by atoms with Gasteiger partial charge in [-0.15, -0.1) is 0 Å². The van der Waals surface area contributed by atoms with Crippen molar-refractivity contribution in [2.75, 3.05) is 41.2 Å². The summed E-state index contributed by atoms with van der Waals surface area (Å²) in [6.45, 7) is -0.909. The van der Waals surface area contributed by atoms with Crippen molar-refractivity contribution in [1.29, 1.82) is 0 Å². The maximum absolute atomic E-state index is 12.8. The van der Waals surface area contributed by atoms with Crippen molar-refractivity contribution >= 4 is 5.97 Å². The maximum Gasteiger partial charge on any atom is 0.309 e. The van der Waals surface area contributed by atoms with Crippen LogP contribution in [0.1, 0.15) is 11.1 Å². The lowest BCUT2D eigenvalue weighted by Crippen LogP contribution is -2.62. The quantitative estimate of drug-likeness (QED) is 0.116. The van der Waals surface area contributed by atoms with Gasteiger partial charge in [-0.1, -0.05) is 12.1 Å². The molecule has 272 valence electrons. The Bertz CT molecular complexity index is 1400. The molecule has 5 rings (SSSR count).